The average molecular weight is 373 g/mol. The number of carbonyl (C=O) groups is 2. The van der Waals surface area contributed by atoms with Crippen LogP contribution in [0.5, 0.6) is 5.75 Å². The predicted molar refractivity (Wildman–Crippen MR) is 93.9 cm³/mol. The van der Waals surface area contributed by atoms with Crippen LogP contribution in [0.4, 0.5) is 15.8 Å². The molecule has 0 aliphatic carbocycles. The lowest BCUT2D eigenvalue weighted by Gasteiger charge is -2.29. The van der Waals surface area contributed by atoms with E-state index < -0.39 is 22.8 Å². The van der Waals surface area contributed by atoms with Crippen LogP contribution in [0.15, 0.2) is 42.5 Å². The number of rotatable bonds is 5. The Labute approximate surface area is 153 Å². The zero-order chi connectivity index (χ0) is 19.6. The predicted octanol–water partition coefficient (Wildman–Crippen LogP) is 2.34. The number of benzene rings is 2. The number of nitrogens with one attached hydrogen (secondary N) is 1. The van der Waals surface area contributed by atoms with Gasteiger partial charge < -0.3 is 10.1 Å². The van der Waals surface area contributed by atoms with Crippen molar-refractivity contribution in [1.82, 2.24) is 5.32 Å². The molecule has 1 atom stereocenters. The van der Waals surface area contributed by atoms with Crippen LogP contribution in [-0.2, 0) is 9.59 Å². The molecule has 2 aromatic rings. The highest BCUT2D eigenvalue weighted by molar-refractivity contribution is 6.02. The number of fused-ring (bicyclic) bond motifs is 1. The van der Waals surface area contributed by atoms with Crippen molar-refractivity contribution in [3.8, 4) is 5.75 Å². The van der Waals surface area contributed by atoms with Gasteiger partial charge in [-0.25, -0.2) is 4.39 Å². The van der Waals surface area contributed by atoms with Crippen LogP contribution in [-0.4, -0.2) is 29.9 Å². The molecule has 0 spiro atoms. The summed E-state index contributed by atoms with van der Waals surface area (Å²) in [6.07, 6.45) is 0. The van der Waals surface area contributed by atoms with Gasteiger partial charge in [0, 0.05) is 12.1 Å². The van der Waals surface area contributed by atoms with Gasteiger partial charge in [0.1, 0.15) is 18.1 Å². The lowest BCUT2D eigenvalue weighted by molar-refractivity contribution is -0.384. The van der Waals surface area contributed by atoms with Gasteiger partial charge in [0.25, 0.3) is 11.6 Å². The second-order valence-corrected chi connectivity index (χ2v) is 6.02. The SMILES string of the molecule is C[C@H](NC(=O)CN1C(=O)COc2ccc([N+](=O)[O-])cc21)c1ccc(F)cc1. The number of carbonyl (C=O) groups excluding carboxylic acids is 2. The summed E-state index contributed by atoms with van der Waals surface area (Å²) < 4.78 is 18.3. The van der Waals surface area contributed by atoms with Gasteiger partial charge in [-0.05, 0) is 30.7 Å². The van der Waals surface area contributed by atoms with E-state index in [-0.39, 0.29) is 30.3 Å². The number of anilines is 1. The largest absolute Gasteiger partial charge is 0.482 e. The van der Waals surface area contributed by atoms with E-state index in [1.165, 1.54) is 30.3 Å². The highest BCUT2D eigenvalue weighted by Crippen LogP contribution is 2.35. The van der Waals surface area contributed by atoms with Gasteiger partial charge in [-0.3, -0.25) is 24.6 Å². The van der Waals surface area contributed by atoms with E-state index >= 15 is 0 Å². The number of amides is 2. The molecule has 9 heteroatoms. The van der Waals surface area contributed by atoms with E-state index in [0.29, 0.717) is 11.3 Å². The van der Waals surface area contributed by atoms with E-state index in [0.717, 1.165) is 4.90 Å². The highest BCUT2D eigenvalue weighted by atomic mass is 19.1. The molecule has 1 aliphatic heterocycles. The Morgan fingerprint density at radius 1 is 1.33 bits per heavy atom. The van der Waals surface area contributed by atoms with Crippen molar-refractivity contribution in [2.75, 3.05) is 18.1 Å². The normalized spacial score (nSPS) is 14.1. The molecule has 0 radical (unpaired) electrons. The summed E-state index contributed by atoms with van der Waals surface area (Å²) in [6, 6.07) is 9.15. The fourth-order valence-electron chi connectivity index (χ4n) is 2.74. The number of halogens is 1. The molecule has 2 aromatic carbocycles. The maximum Gasteiger partial charge on any atom is 0.271 e. The summed E-state index contributed by atoms with van der Waals surface area (Å²) in [6.45, 7) is 1.15. The number of ether oxygens (including phenoxy) is 1. The summed E-state index contributed by atoms with van der Waals surface area (Å²) in [7, 11) is 0. The Kier molecular flexibility index (Phi) is 5.02. The van der Waals surface area contributed by atoms with Crippen molar-refractivity contribution < 1.29 is 23.6 Å². The topological polar surface area (TPSA) is 102 Å². The van der Waals surface area contributed by atoms with Gasteiger partial charge in [0.2, 0.25) is 5.91 Å². The molecule has 1 heterocycles. The van der Waals surface area contributed by atoms with Crippen molar-refractivity contribution >= 4 is 23.2 Å². The maximum atomic E-state index is 13.0. The molecule has 0 aromatic heterocycles. The van der Waals surface area contributed by atoms with Crippen molar-refractivity contribution in [3.63, 3.8) is 0 Å². The van der Waals surface area contributed by atoms with Crippen LogP contribution in [0.1, 0.15) is 18.5 Å². The third-order valence-corrected chi connectivity index (χ3v) is 4.15. The second kappa shape index (κ2) is 7.40. The van der Waals surface area contributed by atoms with E-state index in [4.69, 9.17) is 4.74 Å². The van der Waals surface area contributed by atoms with Crippen LogP contribution in [0.2, 0.25) is 0 Å². The maximum absolute atomic E-state index is 13.0. The fraction of sp³-hybridized carbons (Fsp3) is 0.222. The molecular formula is C18H16FN3O5. The molecule has 0 fully saturated rings. The van der Waals surface area contributed by atoms with Gasteiger partial charge in [-0.2, -0.15) is 0 Å². The smallest absolute Gasteiger partial charge is 0.271 e. The van der Waals surface area contributed by atoms with Crippen molar-refractivity contribution in [2.45, 2.75) is 13.0 Å². The highest BCUT2D eigenvalue weighted by Gasteiger charge is 2.29. The van der Waals surface area contributed by atoms with Gasteiger partial charge in [0.05, 0.1) is 16.7 Å². The minimum atomic E-state index is -0.589. The molecule has 8 nitrogen and oxygen atoms in total. The van der Waals surface area contributed by atoms with Crippen LogP contribution in [0.3, 0.4) is 0 Å². The summed E-state index contributed by atoms with van der Waals surface area (Å²) in [4.78, 5) is 36.1. The fourth-order valence-corrected chi connectivity index (χ4v) is 2.74. The monoisotopic (exact) mass is 373 g/mol. The van der Waals surface area contributed by atoms with Gasteiger partial charge in [0.15, 0.2) is 6.61 Å². The number of hydrogen-bond acceptors (Lipinski definition) is 5. The molecule has 0 unspecified atom stereocenters. The molecule has 0 saturated carbocycles. The average Bonchev–Trinajstić information content (AvgIpc) is 2.64. The lowest BCUT2D eigenvalue weighted by atomic mass is 10.1. The zero-order valence-electron chi connectivity index (χ0n) is 14.3. The summed E-state index contributed by atoms with van der Waals surface area (Å²) in [5.74, 6) is -1.03. The minimum absolute atomic E-state index is 0.171. The third-order valence-electron chi connectivity index (χ3n) is 4.15. The van der Waals surface area contributed by atoms with Crippen molar-refractivity contribution in [1.29, 1.82) is 0 Å². The minimum Gasteiger partial charge on any atom is -0.482 e. The summed E-state index contributed by atoms with van der Waals surface area (Å²) in [5.41, 5.74) is 0.663. The molecule has 0 bridgehead atoms. The lowest BCUT2D eigenvalue weighted by Crippen LogP contribution is -2.45. The van der Waals surface area contributed by atoms with Crippen LogP contribution in [0.25, 0.3) is 0 Å². The Bertz CT molecular complexity index is 900. The second-order valence-electron chi connectivity index (χ2n) is 6.02. The number of non-ortho nitro benzene ring substituents is 1. The standard InChI is InChI=1S/C18H16FN3O5/c1-11(12-2-4-13(19)5-3-12)20-17(23)9-21-15-8-14(22(25)26)6-7-16(15)27-10-18(21)24/h2-8,11H,9-10H2,1H3,(H,20,23)/t11-/m0/s1. The first-order valence-electron chi connectivity index (χ1n) is 8.11. The third kappa shape index (κ3) is 4.02. The Hall–Kier alpha value is -3.49. The molecule has 3 rings (SSSR count). The first kappa shape index (κ1) is 18.3. The molecule has 2 amide bonds. The first-order chi connectivity index (χ1) is 12.8. The molecule has 140 valence electrons. The Morgan fingerprint density at radius 2 is 2.04 bits per heavy atom. The van der Waals surface area contributed by atoms with Crippen molar-refractivity contribution in [3.05, 3.63) is 64.0 Å². The number of hydrogen-bond donors (Lipinski definition) is 1. The van der Waals surface area contributed by atoms with E-state index in [2.05, 4.69) is 5.32 Å². The van der Waals surface area contributed by atoms with Gasteiger partial charge in [-0.1, -0.05) is 12.1 Å². The molecule has 27 heavy (non-hydrogen) atoms. The van der Waals surface area contributed by atoms with E-state index in [9.17, 15) is 24.1 Å². The first-order valence-corrected chi connectivity index (χ1v) is 8.11. The van der Waals surface area contributed by atoms with E-state index in [1.54, 1.807) is 19.1 Å². The quantitative estimate of drug-likeness (QED) is 0.640. The number of nitrogens with zero attached hydrogens (tertiary/aromatic N) is 2. The summed E-state index contributed by atoms with van der Waals surface area (Å²) in [5, 5.41) is 13.7. The molecular weight excluding hydrogens is 357 g/mol. The number of nitro groups is 1. The van der Waals surface area contributed by atoms with Gasteiger partial charge >= 0.3 is 0 Å². The molecule has 0 saturated heterocycles. The van der Waals surface area contributed by atoms with Crippen LogP contribution >= 0.6 is 0 Å². The van der Waals surface area contributed by atoms with Crippen molar-refractivity contribution in [2.24, 2.45) is 0 Å². The zero-order valence-corrected chi connectivity index (χ0v) is 14.3. The number of nitro benzene ring substituents is 1. The van der Waals surface area contributed by atoms with E-state index in [1.807, 2.05) is 0 Å². The van der Waals surface area contributed by atoms with Crippen LogP contribution < -0.4 is 15.0 Å². The van der Waals surface area contributed by atoms with Gasteiger partial charge in [-0.15, -0.1) is 0 Å². The summed E-state index contributed by atoms with van der Waals surface area (Å²) >= 11 is 0. The van der Waals surface area contributed by atoms with Crippen LogP contribution in [0, 0.1) is 15.9 Å². The Balaban J connectivity index is 1.75. The Morgan fingerprint density at radius 3 is 2.70 bits per heavy atom. The molecule has 1 aliphatic rings. The molecule has 1 N–H and O–H groups in total.